The van der Waals surface area contributed by atoms with Gasteiger partial charge in [0.05, 0.1) is 12.6 Å². The number of urea groups is 1. The molecule has 0 aromatic heterocycles. The highest BCUT2D eigenvalue weighted by Gasteiger charge is 2.35. The molecule has 0 spiro atoms. The van der Waals surface area contributed by atoms with E-state index in [9.17, 15) is 14.3 Å². The summed E-state index contributed by atoms with van der Waals surface area (Å²) in [5, 5.41) is 13.4. The molecule has 0 aliphatic heterocycles. The molecule has 2 amide bonds. The van der Waals surface area contributed by atoms with E-state index in [0.29, 0.717) is 5.56 Å². The van der Waals surface area contributed by atoms with Gasteiger partial charge in [-0.05, 0) is 42.9 Å². The lowest BCUT2D eigenvalue weighted by molar-refractivity contribution is 0.114. The number of nitrogens with zero attached hydrogens (tertiary/aromatic N) is 1. The van der Waals surface area contributed by atoms with Crippen LogP contribution in [0.4, 0.5) is 9.18 Å². The first-order valence-corrected chi connectivity index (χ1v) is 8.19. The standard InChI is InChI=1S/C18H27FN2O2/c1-12(18(2,3)4)20-17(23)21(15-9-10-15)11-16(22)13-5-7-14(19)8-6-13/h5-8,12,15-16,22H,9-11H2,1-4H3,(H,20,23). The Balaban J connectivity index is 2.01. The molecule has 1 aliphatic rings. The number of halogens is 1. The number of nitrogens with one attached hydrogen (secondary N) is 1. The Labute approximate surface area is 137 Å². The van der Waals surface area contributed by atoms with Crippen LogP contribution in [0.1, 0.15) is 52.2 Å². The minimum atomic E-state index is -0.813. The molecule has 4 nitrogen and oxygen atoms in total. The minimum Gasteiger partial charge on any atom is -0.387 e. The molecule has 23 heavy (non-hydrogen) atoms. The SMILES string of the molecule is CC(NC(=O)N(CC(O)c1ccc(F)cc1)C1CC1)C(C)(C)C. The molecule has 0 bridgehead atoms. The summed E-state index contributed by atoms with van der Waals surface area (Å²) in [6.07, 6.45) is 1.12. The number of hydrogen-bond acceptors (Lipinski definition) is 2. The highest BCUT2D eigenvalue weighted by Crippen LogP contribution is 2.29. The maximum atomic E-state index is 13.0. The van der Waals surface area contributed by atoms with E-state index in [4.69, 9.17) is 0 Å². The Kier molecular flexibility index (Phi) is 5.30. The summed E-state index contributed by atoms with van der Waals surface area (Å²) in [6.45, 7) is 8.44. The van der Waals surface area contributed by atoms with Crippen molar-refractivity contribution in [2.45, 2.75) is 58.7 Å². The average molecular weight is 322 g/mol. The van der Waals surface area contributed by atoms with Crippen LogP contribution in [0.5, 0.6) is 0 Å². The zero-order valence-corrected chi connectivity index (χ0v) is 14.3. The van der Waals surface area contributed by atoms with Crippen LogP contribution in [0.3, 0.4) is 0 Å². The molecule has 2 rings (SSSR count). The largest absolute Gasteiger partial charge is 0.387 e. The third kappa shape index (κ3) is 4.93. The maximum Gasteiger partial charge on any atom is 0.317 e. The Morgan fingerprint density at radius 2 is 1.91 bits per heavy atom. The van der Waals surface area contributed by atoms with Gasteiger partial charge in [-0.15, -0.1) is 0 Å². The first kappa shape index (κ1) is 17.7. The first-order chi connectivity index (χ1) is 10.7. The van der Waals surface area contributed by atoms with E-state index in [1.165, 1.54) is 12.1 Å². The summed E-state index contributed by atoms with van der Waals surface area (Å²) in [6, 6.07) is 5.83. The zero-order chi connectivity index (χ0) is 17.2. The van der Waals surface area contributed by atoms with Gasteiger partial charge in [0.25, 0.3) is 0 Å². The van der Waals surface area contributed by atoms with Gasteiger partial charge in [0.1, 0.15) is 5.82 Å². The molecule has 2 atom stereocenters. The van der Waals surface area contributed by atoms with Crippen LogP contribution >= 0.6 is 0 Å². The monoisotopic (exact) mass is 322 g/mol. The normalized spacial score (nSPS) is 17.5. The molecule has 128 valence electrons. The van der Waals surface area contributed by atoms with Crippen LogP contribution in [-0.4, -0.2) is 34.7 Å². The third-order valence-corrected chi connectivity index (χ3v) is 4.51. The van der Waals surface area contributed by atoms with Crippen molar-refractivity contribution >= 4 is 6.03 Å². The second-order valence-electron chi connectivity index (χ2n) is 7.49. The van der Waals surface area contributed by atoms with Crippen molar-refractivity contribution in [2.24, 2.45) is 5.41 Å². The van der Waals surface area contributed by atoms with Crippen molar-refractivity contribution in [3.05, 3.63) is 35.6 Å². The lowest BCUT2D eigenvalue weighted by Gasteiger charge is -2.32. The Bertz CT molecular complexity index is 535. The zero-order valence-electron chi connectivity index (χ0n) is 14.3. The number of hydrogen-bond donors (Lipinski definition) is 2. The molecule has 2 unspecified atom stereocenters. The minimum absolute atomic E-state index is 0.0271. The number of aliphatic hydroxyl groups excluding tert-OH is 1. The fourth-order valence-electron chi connectivity index (χ4n) is 2.25. The van der Waals surface area contributed by atoms with Gasteiger partial charge >= 0.3 is 6.03 Å². The van der Waals surface area contributed by atoms with Crippen molar-refractivity contribution in [1.82, 2.24) is 10.2 Å². The van der Waals surface area contributed by atoms with Gasteiger partial charge in [0.2, 0.25) is 0 Å². The summed E-state index contributed by atoms with van der Waals surface area (Å²) in [7, 11) is 0. The molecule has 0 radical (unpaired) electrons. The topological polar surface area (TPSA) is 52.6 Å². The number of carbonyl (C=O) groups excluding carboxylic acids is 1. The van der Waals surface area contributed by atoms with E-state index in [0.717, 1.165) is 12.8 Å². The molecule has 0 saturated heterocycles. The van der Waals surface area contributed by atoms with Crippen molar-refractivity contribution in [3.63, 3.8) is 0 Å². The maximum absolute atomic E-state index is 13.0. The number of aliphatic hydroxyl groups is 1. The van der Waals surface area contributed by atoms with Crippen LogP contribution < -0.4 is 5.32 Å². The van der Waals surface area contributed by atoms with E-state index in [1.807, 2.05) is 6.92 Å². The van der Waals surface area contributed by atoms with E-state index in [-0.39, 0.29) is 35.9 Å². The fourth-order valence-corrected chi connectivity index (χ4v) is 2.25. The molecule has 1 aromatic rings. The Hall–Kier alpha value is -1.62. The summed E-state index contributed by atoms with van der Waals surface area (Å²) < 4.78 is 13.0. The number of carbonyl (C=O) groups is 1. The molecule has 1 aliphatic carbocycles. The Morgan fingerprint density at radius 1 is 1.35 bits per heavy atom. The van der Waals surface area contributed by atoms with E-state index >= 15 is 0 Å². The number of benzene rings is 1. The van der Waals surface area contributed by atoms with E-state index < -0.39 is 6.10 Å². The van der Waals surface area contributed by atoms with Gasteiger partial charge in [-0.3, -0.25) is 0 Å². The van der Waals surface area contributed by atoms with Crippen molar-refractivity contribution in [1.29, 1.82) is 0 Å². The van der Waals surface area contributed by atoms with Crippen molar-refractivity contribution < 1.29 is 14.3 Å². The molecule has 5 heteroatoms. The van der Waals surface area contributed by atoms with Gasteiger partial charge in [-0.2, -0.15) is 0 Å². The summed E-state index contributed by atoms with van der Waals surface area (Å²) in [4.78, 5) is 14.3. The average Bonchev–Trinajstić information content (AvgIpc) is 3.28. The first-order valence-electron chi connectivity index (χ1n) is 8.19. The van der Waals surface area contributed by atoms with Crippen LogP contribution in [0, 0.1) is 11.2 Å². The highest BCUT2D eigenvalue weighted by molar-refractivity contribution is 5.75. The molecule has 0 heterocycles. The summed E-state index contributed by atoms with van der Waals surface area (Å²) in [5.41, 5.74) is 0.592. The van der Waals surface area contributed by atoms with Gasteiger partial charge in [-0.25, -0.2) is 9.18 Å². The quantitative estimate of drug-likeness (QED) is 0.872. The molecule has 2 N–H and O–H groups in total. The predicted octanol–water partition coefficient (Wildman–Crippen LogP) is 3.47. The summed E-state index contributed by atoms with van der Waals surface area (Å²) >= 11 is 0. The predicted molar refractivity (Wildman–Crippen MR) is 88.5 cm³/mol. The lowest BCUT2D eigenvalue weighted by atomic mass is 9.88. The molecule has 1 aromatic carbocycles. The van der Waals surface area contributed by atoms with Crippen molar-refractivity contribution in [2.75, 3.05) is 6.54 Å². The Morgan fingerprint density at radius 3 is 2.39 bits per heavy atom. The summed E-state index contributed by atoms with van der Waals surface area (Å²) in [5.74, 6) is -0.336. The molecule has 1 fully saturated rings. The van der Waals surface area contributed by atoms with Gasteiger partial charge in [0, 0.05) is 12.1 Å². The van der Waals surface area contributed by atoms with E-state index in [2.05, 4.69) is 26.1 Å². The third-order valence-electron chi connectivity index (χ3n) is 4.51. The number of rotatable bonds is 5. The second-order valence-corrected chi connectivity index (χ2v) is 7.49. The highest BCUT2D eigenvalue weighted by atomic mass is 19.1. The molecular formula is C18H27FN2O2. The molecule has 1 saturated carbocycles. The van der Waals surface area contributed by atoms with Crippen LogP contribution in [0.25, 0.3) is 0 Å². The fraction of sp³-hybridized carbons (Fsp3) is 0.611. The van der Waals surface area contributed by atoms with Crippen LogP contribution in [0.2, 0.25) is 0 Å². The van der Waals surface area contributed by atoms with E-state index in [1.54, 1.807) is 17.0 Å². The smallest absolute Gasteiger partial charge is 0.317 e. The van der Waals surface area contributed by atoms with Crippen molar-refractivity contribution in [3.8, 4) is 0 Å². The van der Waals surface area contributed by atoms with Gasteiger partial charge in [-0.1, -0.05) is 32.9 Å². The second kappa shape index (κ2) is 6.87. The van der Waals surface area contributed by atoms with Gasteiger partial charge < -0.3 is 15.3 Å². The van der Waals surface area contributed by atoms with Crippen LogP contribution in [0.15, 0.2) is 24.3 Å². The number of amides is 2. The lowest BCUT2D eigenvalue weighted by Crippen LogP contribution is -2.50. The molecular weight excluding hydrogens is 295 g/mol. The van der Waals surface area contributed by atoms with Crippen LogP contribution in [-0.2, 0) is 0 Å². The van der Waals surface area contributed by atoms with Gasteiger partial charge in [0.15, 0.2) is 0 Å².